The topological polar surface area (TPSA) is 111 Å². The minimum atomic E-state index is -0.279. The van der Waals surface area contributed by atoms with Gasteiger partial charge in [-0.2, -0.15) is 9.97 Å². The Labute approximate surface area is 351 Å². The molecule has 2 saturated heterocycles. The lowest BCUT2D eigenvalue weighted by atomic mass is 10.1. The monoisotopic (exact) mass is 828 g/mol. The van der Waals surface area contributed by atoms with E-state index in [1.807, 2.05) is 60.6 Å². The fourth-order valence-electron chi connectivity index (χ4n) is 8.29. The van der Waals surface area contributed by atoms with Gasteiger partial charge in [0.2, 0.25) is 23.5 Å². The van der Waals surface area contributed by atoms with Crippen LogP contribution in [0.1, 0.15) is 68.1 Å². The van der Waals surface area contributed by atoms with E-state index in [4.69, 9.17) is 33.4 Å². The maximum atomic E-state index is 12.8. The second-order valence-corrected chi connectivity index (χ2v) is 16.5. The maximum Gasteiger partial charge on any atom is 0.282 e. The minimum absolute atomic E-state index is 0.278. The third-order valence-corrected chi connectivity index (χ3v) is 11.8. The van der Waals surface area contributed by atoms with Crippen molar-refractivity contribution in [2.75, 3.05) is 36.0 Å². The summed E-state index contributed by atoms with van der Waals surface area (Å²) in [6, 6.07) is 29.3. The van der Waals surface area contributed by atoms with Gasteiger partial charge in [0, 0.05) is 36.2 Å². The van der Waals surface area contributed by atoms with Gasteiger partial charge in [-0.25, -0.2) is 18.2 Å². The quantitative estimate of drug-likeness (QED) is 0.164. The molecule has 6 heterocycles. The van der Waals surface area contributed by atoms with E-state index in [0.717, 1.165) is 85.9 Å². The van der Waals surface area contributed by atoms with Gasteiger partial charge >= 0.3 is 0 Å². The van der Waals surface area contributed by atoms with Crippen LogP contribution in [0.15, 0.2) is 101 Å². The summed E-state index contributed by atoms with van der Waals surface area (Å²) in [5.74, 6) is 2.82. The molecule has 59 heavy (non-hydrogen) atoms. The molecule has 2 aliphatic rings. The number of nitrogens with zero attached hydrogens (tertiary/aromatic N) is 10. The first-order valence-corrected chi connectivity index (χ1v) is 21.3. The lowest BCUT2D eigenvalue weighted by Gasteiger charge is -2.20. The number of hydrogen-bond donors (Lipinski definition) is 0. The van der Waals surface area contributed by atoms with E-state index in [9.17, 15) is 9.59 Å². The lowest BCUT2D eigenvalue weighted by Crippen LogP contribution is -2.26. The van der Waals surface area contributed by atoms with Gasteiger partial charge in [0.05, 0.1) is 34.9 Å². The van der Waals surface area contributed by atoms with E-state index in [1.165, 1.54) is 31.2 Å². The van der Waals surface area contributed by atoms with Crippen molar-refractivity contribution < 1.29 is 0 Å². The molecule has 8 aromatic rings. The molecule has 0 unspecified atom stereocenters. The molecule has 0 amide bonds. The molecule has 0 aliphatic carbocycles. The number of benzene rings is 4. The third-order valence-electron chi connectivity index (χ3n) is 11.4. The van der Waals surface area contributed by atoms with Gasteiger partial charge in [0.15, 0.2) is 0 Å². The van der Waals surface area contributed by atoms with Crippen molar-refractivity contribution in [2.45, 2.75) is 71.4 Å². The minimum Gasteiger partial charge on any atom is -0.341 e. The van der Waals surface area contributed by atoms with Crippen LogP contribution in [-0.2, 0) is 13.1 Å². The highest BCUT2D eigenvalue weighted by Gasteiger charge is 2.23. The first kappa shape index (κ1) is 38.8. The number of anilines is 2. The predicted molar refractivity (Wildman–Crippen MR) is 237 cm³/mol. The van der Waals surface area contributed by atoms with Crippen molar-refractivity contribution in [3.8, 4) is 0 Å². The average Bonchev–Trinajstić information content (AvgIpc) is 3.48. The van der Waals surface area contributed by atoms with Crippen LogP contribution in [0.4, 0.5) is 11.9 Å². The number of rotatable bonds is 6. The van der Waals surface area contributed by atoms with Crippen LogP contribution in [-0.4, -0.2) is 64.5 Å². The SMILES string of the molecule is Cc1ccc(Cn2nc(N3CCCCCC3)n3c4ccc(Cl)cc4c(=O)nc23)cc1.O=c1nc2n(Cc3ccccc3)nc(N3CCCCCC3)n2c2ccc(Cl)cc12. The Morgan fingerprint density at radius 3 is 1.39 bits per heavy atom. The molecule has 0 radical (unpaired) electrons. The van der Waals surface area contributed by atoms with Crippen molar-refractivity contribution in [1.29, 1.82) is 0 Å². The fraction of sp³-hybridized carbons (Fsp3) is 0.333. The molecule has 14 heteroatoms. The van der Waals surface area contributed by atoms with Crippen LogP contribution in [0.3, 0.4) is 0 Å². The molecule has 2 fully saturated rings. The summed E-state index contributed by atoms with van der Waals surface area (Å²) in [5.41, 5.74) is 4.49. The summed E-state index contributed by atoms with van der Waals surface area (Å²) >= 11 is 12.3. The van der Waals surface area contributed by atoms with E-state index in [1.54, 1.807) is 12.1 Å². The molecule has 0 N–H and O–H groups in total. The van der Waals surface area contributed by atoms with Gasteiger partial charge < -0.3 is 9.80 Å². The van der Waals surface area contributed by atoms with Crippen molar-refractivity contribution in [3.63, 3.8) is 0 Å². The van der Waals surface area contributed by atoms with Gasteiger partial charge in [-0.3, -0.25) is 9.59 Å². The van der Waals surface area contributed by atoms with Crippen LogP contribution < -0.4 is 20.9 Å². The average molecular weight is 830 g/mol. The first-order valence-electron chi connectivity index (χ1n) is 20.6. The highest BCUT2D eigenvalue weighted by atomic mass is 35.5. The number of aryl methyl sites for hydroxylation is 1. The number of fused-ring (bicyclic) bond motifs is 6. The molecule has 0 saturated carbocycles. The van der Waals surface area contributed by atoms with Crippen LogP contribution >= 0.6 is 23.2 Å². The normalized spacial score (nSPS) is 15.1. The van der Waals surface area contributed by atoms with Gasteiger partial charge in [-0.05, 0) is 80.1 Å². The zero-order valence-corrected chi connectivity index (χ0v) is 34.6. The van der Waals surface area contributed by atoms with Gasteiger partial charge in [-0.1, -0.05) is 109 Å². The third kappa shape index (κ3) is 8.03. The molecular formula is C45H46Cl2N10O2. The highest BCUT2D eigenvalue weighted by Crippen LogP contribution is 2.27. The lowest BCUT2D eigenvalue weighted by molar-refractivity contribution is 0.685. The molecule has 4 aromatic heterocycles. The van der Waals surface area contributed by atoms with Crippen LogP contribution in [0.25, 0.3) is 33.4 Å². The predicted octanol–water partition coefficient (Wildman–Crippen LogP) is 8.56. The molecule has 0 atom stereocenters. The second kappa shape index (κ2) is 16.9. The van der Waals surface area contributed by atoms with E-state index in [2.05, 4.69) is 63.1 Å². The number of halogens is 2. The standard InChI is InChI=1S/C23H24ClN5O.C22H22ClN5O/c1-16-6-8-17(9-7-16)15-28-22-25-21(30)19-14-18(24)10-11-20(19)29(22)23(26-28)27-12-4-2-3-5-13-27;23-17-10-11-19-18(14-17)20(29)24-21-27(15-16-8-4-3-5-9-16)25-22(28(19)21)26-12-6-1-2-7-13-26/h6-11,14H,2-5,12-13,15H2,1H3;3-5,8-11,14H,1-2,6-7,12-13,15H2. The molecule has 12 nitrogen and oxygen atoms in total. The molecule has 0 bridgehead atoms. The van der Waals surface area contributed by atoms with Crippen LogP contribution in [0.2, 0.25) is 10.0 Å². The highest BCUT2D eigenvalue weighted by molar-refractivity contribution is 6.31. The second-order valence-electron chi connectivity index (χ2n) is 15.6. The summed E-state index contributed by atoms with van der Waals surface area (Å²) in [6.07, 6.45) is 9.53. The molecule has 0 spiro atoms. The summed E-state index contributed by atoms with van der Waals surface area (Å²) in [6.45, 7) is 7.02. The first-order chi connectivity index (χ1) is 28.8. The summed E-state index contributed by atoms with van der Waals surface area (Å²) in [7, 11) is 0. The summed E-state index contributed by atoms with van der Waals surface area (Å²) in [4.78, 5) is 39.0. The Bertz CT molecular complexity index is 2890. The van der Waals surface area contributed by atoms with Gasteiger partial charge in [0.25, 0.3) is 11.1 Å². The Balaban J connectivity index is 0.000000152. The Kier molecular flexibility index (Phi) is 11.1. The van der Waals surface area contributed by atoms with Crippen LogP contribution in [0, 0.1) is 6.92 Å². The Hall–Kier alpha value is -5.72. The summed E-state index contributed by atoms with van der Waals surface area (Å²) < 4.78 is 7.72. The Morgan fingerprint density at radius 2 is 0.949 bits per heavy atom. The Morgan fingerprint density at radius 1 is 0.525 bits per heavy atom. The molecule has 2 aliphatic heterocycles. The van der Waals surface area contributed by atoms with Gasteiger partial charge in [0.1, 0.15) is 0 Å². The van der Waals surface area contributed by atoms with E-state index in [-0.39, 0.29) is 11.1 Å². The summed E-state index contributed by atoms with van der Waals surface area (Å²) in [5, 5.41) is 12.0. The zero-order chi connectivity index (χ0) is 40.5. The number of aromatic nitrogens is 8. The van der Waals surface area contributed by atoms with E-state index in [0.29, 0.717) is 45.5 Å². The largest absolute Gasteiger partial charge is 0.341 e. The van der Waals surface area contributed by atoms with Crippen molar-refractivity contribution >= 4 is 68.5 Å². The van der Waals surface area contributed by atoms with Crippen molar-refractivity contribution in [1.82, 2.24) is 38.3 Å². The smallest absolute Gasteiger partial charge is 0.282 e. The van der Waals surface area contributed by atoms with E-state index < -0.39 is 0 Å². The fourth-order valence-corrected chi connectivity index (χ4v) is 8.63. The maximum absolute atomic E-state index is 12.8. The molecule has 10 rings (SSSR count). The molecular weight excluding hydrogens is 783 g/mol. The van der Waals surface area contributed by atoms with Crippen molar-refractivity contribution in [2.24, 2.45) is 0 Å². The van der Waals surface area contributed by atoms with Crippen molar-refractivity contribution in [3.05, 3.63) is 138 Å². The van der Waals surface area contributed by atoms with Crippen LogP contribution in [0.5, 0.6) is 0 Å². The van der Waals surface area contributed by atoms with E-state index >= 15 is 0 Å². The zero-order valence-electron chi connectivity index (χ0n) is 33.1. The van der Waals surface area contributed by atoms with Gasteiger partial charge in [-0.15, -0.1) is 10.2 Å². The number of hydrogen-bond acceptors (Lipinski definition) is 8. The molecule has 302 valence electrons. The molecule has 4 aromatic carbocycles.